The topological polar surface area (TPSA) is 67.8 Å². The van der Waals surface area contributed by atoms with Crippen molar-refractivity contribution < 1.29 is 18.7 Å². The minimum absolute atomic E-state index is 0.0376. The Balaban J connectivity index is 1.81. The van der Waals surface area contributed by atoms with Crippen LogP contribution in [0.5, 0.6) is 17.2 Å². The van der Waals surface area contributed by atoms with E-state index in [1.165, 1.54) is 0 Å². The molecule has 0 aliphatic rings. The highest BCUT2D eigenvalue weighted by Gasteiger charge is 2.41. The molecule has 0 fully saturated rings. The summed E-state index contributed by atoms with van der Waals surface area (Å²) in [6, 6.07) is 32.3. The van der Waals surface area contributed by atoms with Gasteiger partial charge in [0.15, 0.2) is 5.78 Å². The summed E-state index contributed by atoms with van der Waals surface area (Å²) in [5, 5.41) is 13.6. The first-order chi connectivity index (χ1) is 15.5. The van der Waals surface area contributed by atoms with Crippen LogP contribution >= 0.6 is 7.60 Å². The molecule has 0 spiro atoms. The van der Waals surface area contributed by atoms with Crippen LogP contribution in [0.25, 0.3) is 0 Å². The molecule has 4 aromatic carbocycles. The predicted octanol–water partition coefficient (Wildman–Crippen LogP) is 7.16. The lowest BCUT2D eigenvalue weighted by Gasteiger charge is -2.29. The Morgan fingerprint density at radius 1 is 0.719 bits per heavy atom. The van der Waals surface area contributed by atoms with Gasteiger partial charge in [0.25, 0.3) is 0 Å². The maximum atomic E-state index is 14.5. The van der Waals surface area contributed by atoms with Crippen molar-refractivity contribution in [1.82, 2.24) is 0 Å². The molecule has 162 valence electrons. The molecule has 1 unspecified atom stereocenters. The Hall–Kier alpha value is -3.69. The second kappa shape index (κ2) is 9.63. The Labute approximate surface area is 187 Å². The fraction of sp³-hybridized carbons (Fsp3) is 0.0769. The minimum atomic E-state index is -3.92. The molecule has 4 rings (SSSR count). The molecule has 0 aromatic heterocycles. The largest absolute Gasteiger partial charge is 0.506 e. The van der Waals surface area contributed by atoms with Gasteiger partial charge in [0, 0.05) is 0 Å². The van der Waals surface area contributed by atoms with Crippen molar-refractivity contribution in [3.63, 3.8) is 0 Å². The lowest BCUT2D eigenvalue weighted by molar-refractivity contribution is 0.376. The SMILES string of the molecule is Cc1ccc(C(Nc2ccccc2O)P(=O)(Oc2ccccc2)Oc2ccccc2)cc1. The van der Waals surface area contributed by atoms with E-state index in [1.54, 1.807) is 72.8 Å². The fourth-order valence-corrected chi connectivity index (χ4v) is 5.13. The summed E-state index contributed by atoms with van der Waals surface area (Å²) in [7, 11) is -3.92. The van der Waals surface area contributed by atoms with Crippen LogP contribution in [-0.4, -0.2) is 5.11 Å². The van der Waals surface area contributed by atoms with E-state index in [4.69, 9.17) is 9.05 Å². The lowest BCUT2D eigenvalue weighted by atomic mass is 10.1. The van der Waals surface area contributed by atoms with E-state index in [1.807, 2.05) is 43.3 Å². The Morgan fingerprint density at radius 3 is 1.75 bits per heavy atom. The lowest BCUT2D eigenvalue weighted by Crippen LogP contribution is -2.18. The summed E-state index contributed by atoms with van der Waals surface area (Å²) in [4.78, 5) is 0. The van der Waals surface area contributed by atoms with Gasteiger partial charge in [0.05, 0.1) is 5.69 Å². The number of rotatable bonds is 8. The molecule has 5 nitrogen and oxygen atoms in total. The molecule has 0 bridgehead atoms. The number of benzene rings is 4. The third-order valence-corrected chi connectivity index (χ3v) is 6.85. The molecule has 0 aliphatic heterocycles. The minimum Gasteiger partial charge on any atom is -0.506 e. The Kier molecular flexibility index (Phi) is 6.48. The molecule has 32 heavy (non-hydrogen) atoms. The summed E-state index contributed by atoms with van der Waals surface area (Å²) in [5.41, 5.74) is 2.19. The van der Waals surface area contributed by atoms with Gasteiger partial charge in [0.2, 0.25) is 0 Å². The van der Waals surface area contributed by atoms with Crippen molar-refractivity contribution in [2.45, 2.75) is 12.7 Å². The maximum absolute atomic E-state index is 14.5. The number of hydrogen-bond acceptors (Lipinski definition) is 5. The molecule has 0 amide bonds. The molecule has 0 saturated carbocycles. The first kappa shape index (κ1) is 21.5. The van der Waals surface area contributed by atoms with Gasteiger partial charge in [-0.25, -0.2) is 4.57 Å². The standard InChI is InChI=1S/C26H24NO4P/c1-20-16-18-21(19-17-20)26(27-24-14-8-9-15-25(24)28)32(29,30-22-10-4-2-5-11-22)31-23-12-6-3-7-13-23/h2-19,26-28H,1H3. The van der Waals surface area contributed by atoms with Crippen molar-refractivity contribution >= 4 is 13.3 Å². The zero-order valence-electron chi connectivity index (χ0n) is 17.6. The van der Waals surface area contributed by atoms with Gasteiger partial charge in [-0.3, -0.25) is 0 Å². The number of anilines is 1. The van der Waals surface area contributed by atoms with Crippen LogP contribution in [0.4, 0.5) is 5.69 Å². The molecule has 4 aromatic rings. The third kappa shape index (κ3) is 5.13. The highest BCUT2D eigenvalue weighted by molar-refractivity contribution is 7.55. The van der Waals surface area contributed by atoms with Crippen LogP contribution in [0.15, 0.2) is 109 Å². The first-order valence-corrected chi connectivity index (χ1v) is 11.8. The van der Waals surface area contributed by atoms with Crippen LogP contribution in [0, 0.1) is 6.92 Å². The van der Waals surface area contributed by atoms with E-state index in [-0.39, 0.29) is 5.75 Å². The molecule has 6 heteroatoms. The molecule has 2 N–H and O–H groups in total. The number of aryl methyl sites for hydroxylation is 1. The molecule has 0 aliphatic carbocycles. The van der Waals surface area contributed by atoms with E-state index in [0.717, 1.165) is 5.56 Å². The van der Waals surface area contributed by atoms with Crippen molar-refractivity contribution in [1.29, 1.82) is 0 Å². The number of hydrogen-bond donors (Lipinski definition) is 2. The van der Waals surface area contributed by atoms with E-state index >= 15 is 0 Å². The summed E-state index contributed by atoms with van der Waals surface area (Å²) in [6.45, 7) is 1.98. The van der Waals surface area contributed by atoms with Crippen LogP contribution in [0.1, 0.15) is 16.9 Å². The maximum Gasteiger partial charge on any atom is 0.457 e. The summed E-state index contributed by atoms with van der Waals surface area (Å²) in [6.07, 6.45) is 0. The second-order valence-electron chi connectivity index (χ2n) is 7.32. The van der Waals surface area contributed by atoms with E-state index in [0.29, 0.717) is 22.7 Å². The Morgan fingerprint density at radius 2 is 1.22 bits per heavy atom. The van der Waals surface area contributed by atoms with Gasteiger partial charge in [-0.1, -0.05) is 78.4 Å². The number of phenolic OH excluding ortho intramolecular Hbond substituents is 1. The van der Waals surface area contributed by atoms with Gasteiger partial charge in [-0.05, 0) is 48.9 Å². The van der Waals surface area contributed by atoms with E-state index < -0.39 is 13.4 Å². The average molecular weight is 445 g/mol. The fourth-order valence-electron chi connectivity index (χ4n) is 3.22. The molecule has 0 heterocycles. The second-order valence-corrected chi connectivity index (χ2v) is 9.28. The Bertz CT molecular complexity index is 1150. The molecular formula is C26H24NO4P. The zero-order chi connectivity index (χ0) is 22.4. The highest BCUT2D eigenvalue weighted by Crippen LogP contribution is 2.60. The number of para-hydroxylation sites is 4. The van der Waals surface area contributed by atoms with Crippen LogP contribution in [0.3, 0.4) is 0 Å². The molecular weight excluding hydrogens is 421 g/mol. The van der Waals surface area contributed by atoms with Gasteiger partial charge in [-0.15, -0.1) is 0 Å². The smallest absolute Gasteiger partial charge is 0.457 e. The van der Waals surface area contributed by atoms with Gasteiger partial charge < -0.3 is 19.5 Å². The van der Waals surface area contributed by atoms with Crippen molar-refractivity contribution in [2.75, 3.05) is 5.32 Å². The summed E-state index contributed by atoms with van der Waals surface area (Å²) in [5.74, 6) is -0.0154. The van der Waals surface area contributed by atoms with E-state index in [2.05, 4.69) is 5.32 Å². The van der Waals surface area contributed by atoms with Gasteiger partial charge >= 0.3 is 7.60 Å². The molecule has 0 saturated heterocycles. The molecule has 1 atom stereocenters. The first-order valence-electron chi connectivity index (χ1n) is 10.2. The molecule has 0 radical (unpaired) electrons. The van der Waals surface area contributed by atoms with Crippen molar-refractivity contribution in [3.05, 3.63) is 120 Å². The van der Waals surface area contributed by atoms with Crippen LogP contribution < -0.4 is 14.4 Å². The monoisotopic (exact) mass is 445 g/mol. The number of aromatic hydroxyl groups is 1. The summed E-state index contributed by atoms with van der Waals surface area (Å²) >= 11 is 0. The van der Waals surface area contributed by atoms with Crippen molar-refractivity contribution in [2.24, 2.45) is 0 Å². The number of phenols is 1. The number of nitrogens with one attached hydrogen (secondary N) is 1. The van der Waals surface area contributed by atoms with Crippen molar-refractivity contribution in [3.8, 4) is 17.2 Å². The highest BCUT2D eigenvalue weighted by atomic mass is 31.2. The zero-order valence-corrected chi connectivity index (χ0v) is 18.5. The van der Waals surface area contributed by atoms with E-state index in [9.17, 15) is 9.67 Å². The van der Waals surface area contributed by atoms with Gasteiger partial charge in [0.1, 0.15) is 17.2 Å². The van der Waals surface area contributed by atoms with Gasteiger partial charge in [-0.2, -0.15) is 0 Å². The normalized spacial score (nSPS) is 12.0. The van der Waals surface area contributed by atoms with Crippen LogP contribution in [0.2, 0.25) is 0 Å². The van der Waals surface area contributed by atoms with Crippen LogP contribution in [-0.2, 0) is 4.57 Å². The third-order valence-electron chi connectivity index (χ3n) is 4.86. The summed E-state index contributed by atoms with van der Waals surface area (Å²) < 4.78 is 26.6. The predicted molar refractivity (Wildman–Crippen MR) is 127 cm³/mol. The average Bonchev–Trinajstić information content (AvgIpc) is 2.80. The quantitative estimate of drug-likeness (QED) is 0.222.